The highest BCUT2D eigenvalue weighted by Gasteiger charge is 2.14. The Bertz CT molecular complexity index is 421. The van der Waals surface area contributed by atoms with Gasteiger partial charge in [0.15, 0.2) is 11.6 Å². The fraction of sp³-hybridized carbons (Fsp3) is 0.200. The topological polar surface area (TPSA) is 66.4 Å². The molecule has 0 aliphatic carbocycles. The van der Waals surface area contributed by atoms with Crippen molar-refractivity contribution in [2.75, 3.05) is 6.54 Å². The molecule has 0 unspecified atom stereocenters. The largest absolute Gasteiger partial charge is 0.481 e. The molecule has 0 heterocycles. The van der Waals surface area contributed by atoms with E-state index in [1.807, 2.05) is 0 Å². The van der Waals surface area contributed by atoms with Crippen LogP contribution in [0.25, 0.3) is 0 Å². The number of carboxylic acids is 1. The van der Waals surface area contributed by atoms with Gasteiger partial charge in [0, 0.05) is 6.54 Å². The number of hydrogen-bond acceptors (Lipinski definition) is 2. The van der Waals surface area contributed by atoms with Gasteiger partial charge in [-0.3, -0.25) is 9.59 Å². The van der Waals surface area contributed by atoms with Gasteiger partial charge in [0.1, 0.15) is 0 Å². The third-order valence-electron chi connectivity index (χ3n) is 1.82. The highest BCUT2D eigenvalue weighted by molar-refractivity contribution is 5.94. The van der Waals surface area contributed by atoms with E-state index in [2.05, 4.69) is 5.32 Å². The average Bonchev–Trinajstić information content (AvgIpc) is 2.21. The second-order valence-corrected chi connectivity index (χ2v) is 3.00. The minimum atomic E-state index is -1.24. The Morgan fingerprint density at radius 1 is 1.31 bits per heavy atom. The van der Waals surface area contributed by atoms with E-state index in [4.69, 9.17) is 5.11 Å². The number of rotatable bonds is 4. The van der Waals surface area contributed by atoms with Crippen molar-refractivity contribution >= 4 is 11.9 Å². The van der Waals surface area contributed by atoms with Crippen LogP contribution in [0.5, 0.6) is 0 Å². The second-order valence-electron chi connectivity index (χ2n) is 3.00. The first-order valence-electron chi connectivity index (χ1n) is 4.46. The van der Waals surface area contributed by atoms with Crippen molar-refractivity contribution in [3.63, 3.8) is 0 Å². The molecule has 0 saturated heterocycles. The van der Waals surface area contributed by atoms with E-state index < -0.39 is 29.1 Å². The molecule has 0 bridgehead atoms. The number of carbonyl (C=O) groups excluding carboxylic acids is 1. The highest BCUT2D eigenvalue weighted by atomic mass is 19.2. The van der Waals surface area contributed by atoms with Gasteiger partial charge in [0.25, 0.3) is 5.91 Å². The second kappa shape index (κ2) is 5.20. The number of hydrogen-bond donors (Lipinski definition) is 2. The lowest BCUT2D eigenvalue weighted by atomic mass is 10.2. The number of amides is 1. The Balaban J connectivity index is 2.66. The molecule has 1 aromatic rings. The van der Waals surface area contributed by atoms with Gasteiger partial charge in [-0.15, -0.1) is 0 Å². The number of aliphatic carboxylic acids is 1. The Labute approximate surface area is 89.9 Å². The molecule has 0 aliphatic heterocycles. The smallest absolute Gasteiger partial charge is 0.305 e. The fourth-order valence-electron chi connectivity index (χ4n) is 1.06. The summed E-state index contributed by atoms with van der Waals surface area (Å²) in [6, 6.07) is 3.21. The molecule has 1 aromatic carbocycles. The SMILES string of the molecule is O=C(O)CCNC(=O)c1cccc(F)c1F. The first-order chi connectivity index (χ1) is 7.52. The highest BCUT2D eigenvalue weighted by Crippen LogP contribution is 2.10. The van der Waals surface area contributed by atoms with Crippen LogP contribution < -0.4 is 5.32 Å². The first kappa shape index (κ1) is 12.1. The molecule has 0 spiro atoms. The minimum absolute atomic E-state index is 0.135. The molecule has 1 rings (SSSR count). The van der Waals surface area contributed by atoms with Crippen LogP contribution in [0.2, 0.25) is 0 Å². The lowest BCUT2D eigenvalue weighted by Gasteiger charge is -2.04. The van der Waals surface area contributed by atoms with Gasteiger partial charge in [-0.2, -0.15) is 0 Å². The lowest BCUT2D eigenvalue weighted by molar-refractivity contribution is -0.136. The number of carbonyl (C=O) groups is 2. The van der Waals surface area contributed by atoms with Crippen LogP contribution in [0, 0.1) is 11.6 Å². The first-order valence-corrected chi connectivity index (χ1v) is 4.46. The molecule has 6 heteroatoms. The van der Waals surface area contributed by atoms with E-state index in [1.165, 1.54) is 6.07 Å². The van der Waals surface area contributed by atoms with Gasteiger partial charge in [0.2, 0.25) is 0 Å². The number of carboxylic acid groups (broad SMARTS) is 1. The molecular weight excluding hydrogens is 220 g/mol. The maximum atomic E-state index is 13.1. The molecule has 4 nitrogen and oxygen atoms in total. The molecule has 0 atom stereocenters. The van der Waals surface area contributed by atoms with E-state index in [1.54, 1.807) is 0 Å². The Hall–Kier alpha value is -1.98. The van der Waals surface area contributed by atoms with Crippen LogP contribution in [0.1, 0.15) is 16.8 Å². The molecule has 0 fully saturated rings. The third-order valence-corrected chi connectivity index (χ3v) is 1.82. The Morgan fingerprint density at radius 3 is 2.62 bits per heavy atom. The Kier molecular flexibility index (Phi) is 3.93. The van der Waals surface area contributed by atoms with Crippen LogP contribution in [0.4, 0.5) is 8.78 Å². The van der Waals surface area contributed by atoms with Crippen molar-refractivity contribution in [2.24, 2.45) is 0 Å². The van der Waals surface area contributed by atoms with Crippen LogP contribution in [0.15, 0.2) is 18.2 Å². The van der Waals surface area contributed by atoms with Crippen molar-refractivity contribution in [3.05, 3.63) is 35.4 Å². The zero-order valence-corrected chi connectivity index (χ0v) is 8.17. The van der Waals surface area contributed by atoms with Crippen LogP contribution >= 0.6 is 0 Å². The van der Waals surface area contributed by atoms with Gasteiger partial charge in [0.05, 0.1) is 12.0 Å². The predicted octanol–water partition coefficient (Wildman–Crippen LogP) is 1.17. The number of nitrogens with one attached hydrogen (secondary N) is 1. The van der Waals surface area contributed by atoms with E-state index >= 15 is 0 Å². The molecular formula is C10H9F2NO3. The summed E-state index contributed by atoms with van der Waals surface area (Å²) in [6.07, 6.45) is -0.275. The molecule has 86 valence electrons. The zero-order valence-electron chi connectivity index (χ0n) is 8.17. The lowest BCUT2D eigenvalue weighted by Crippen LogP contribution is -2.27. The average molecular weight is 229 g/mol. The molecule has 0 aliphatic rings. The maximum absolute atomic E-state index is 13.1. The van der Waals surface area contributed by atoms with E-state index in [0.29, 0.717) is 0 Å². The summed E-state index contributed by atoms with van der Waals surface area (Å²) >= 11 is 0. The van der Waals surface area contributed by atoms with Crippen LogP contribution in [-0.4, -0.2) is 23.5 Å². The molecule has 0 aromatic heterocycles. The summed E-state index contributed by atoms with van der Waals surface area (Å²) in [5.74, 6) is -4.28. The van der Waals surface area contributed by atoms with Crippen molar-refractivity contribution in [1.29, 1.82) is 0 Å². The van der Waals surface area contributed by atoms with Gasteiger partial charge in [-0.25, -0.2) is 8.78 Å². The minimum Gasteiger partial charge on any atom is -0.481 e. The summed E-state index contributed by atoms with van der Waals surface area (Å²) in [5.41, 5.74) is -0.439. The molecule has 2 N–H and O–H groups in total. The van der Waals surface area contributed by atoms with Crippen molar-refractivity contribution in [2.45, 2.75) is 6.42 Å². The summed E-state index contributed by atoms with van der Waals surface area (Å²) in [5, 5.41) is 10.5. The quantitative estimate of drug-likeness (QED) is 0.814. The van der Waals surface area contributed by atoms with Crippen molar-refractivity contribution in [3.8, 4) is 0 Å². The van der Waals surface area contributed by atoms with Crippen LogP contribution in [-0.2, 0) is 4.79 Å². The summed E-state index contributed by atoms with van der Waals surface area (Å²) in [6.45, 7) is -0.135. The monoisotopic (exact) mass is 229 g/mol. The fourth-order valence-corrected chi connectivity index (χ4v) is 1.06. The van der Waals surface area contributed by atoms with Gasteiger partial charge >= 0.3 is 5.97 Å². The van der Waals surface area contributed by atoms with E-state index in [9.17, 15) is 18.4 Å². The summed E-state index contributed by atoms with van der Waals surface area (Å²) in [7, 11) is 0. The number of benzene rings is 1. The predicted molar refractivity (Wildman–Crippen MR) is 50.9 cm³/mol. The van der Waals surface area contributed by atoms with Gasteiger partial charge in [-0.05, 0) is 12.1 Å². The normalized spacial score (nSPS) is 9.88. The van der Waals surface area contributed by atoms with Gasteiger partial charge in [-0.1, -0.05) is 6.07 Å². The Morgan fingerprint density at radius 2 is 2.00 bits per heavy atom. The van der Waals surface area contributed by atoms with Crippen molar-refractivity contribution < 1.29 is 23.5 Å². The summed E-state index contributed by atoms with van der Waals surface area (Å²) < 4.78 is 25.8. The van der Waals surface area contributed by atoms with Crippen molar-refractivity contribution in [1.82, 2.24) is 5.32 Å². The standard InChI is InChI=1S/C10H9F2NO3/c11-7-3-1-2-6(9(7)12)10(16)13-5-4-8(14)15/h1-3H,4-5H2,(H,13,16)(H,14,15). The third kappa shape index (κ3) is 3.01. The molecule has 16 heavy (non-hydrogen) atoms. The molecule has 0 radical (unpaired) electrons. The van der Waals surface area contributed by atoms with Gasteiger partial charge < -0.3 is 10.4 Å². The number of halogens is 2. The van der Waals surface area contributed by atoms with E-state index in [-0.39, 0.29) is 13.0 Å². The zero-order chi connectivity index (χ0) is 12.1. The maximum Gasteiger partial charge on any atom is 0.305 e. The molecule has 1 amide bonds. The summed E-state index contributed by atoms with van der Waals surface area (Å²) in [4.78, 5) is 21.4. The van der Waals surface area contributed by atoms with E-state index in [0.717, 1.165) is 12.1 Å². The molecule has 0 saturated carbocycles. The van der Waals surface area contributed by atoms with Crippen LogP contribution in [0.3, 0.4) is 0 Å².